The number of hydrogen-bond acceptors (Lipinski definition) is 1. The highest BCUT2D eigenvalue weighted by Crippen LogP contribution is 2.18. The summed E-state index contributed by atoms with van der Waals surface area (Å²) < 4.78 is 0. The van der Waals surface area contributed by atoms with Crippen molar-refractivity contribution in [2.45, 2.75) is 46.5 Å². The molecule has 0 aliphatic rings. The quantitative estimate of drug-likeness (QED) is 0.806. The molecule has 0 aliphatic carbocycles. The van der Waals surface area contributed by atoms with Gasteiger partial charge in [-0.05, 0) is 37.0 Å². The van der Waals surface area contributed by atoms with Crippen LogP contribution in [-0.2, 0) is 0 Å². The number of carbonyl (C=O) groups excluding carboxylic acids is 1. The van der Waals surface area contributed by atoms with E-state index >= 15 is 0 Å². The average molecular weight is 262 g/mol. The summed E-state index contributed by atoms with van der Waals surface area (Å²) in [6, 6.07) is 8.08. The molecule has 0 aliphatic heterocycles. The molecule has 1 N–H and O–H groups in total. The molecular weight excluding hydrogens is 236 g/mol. The Balaban J connectivity index is 2.67. The Labute approximate surface area is 117 Å². The van der Waals surface area contributed by atoms with E-state index in [4.69, 9.17) is 0 Å². The summed E-state index contributed by atoms with van der Waals surface area (Å²) in [5, 5.41) is 2.98. The van der Waals surface area contributed by atoms with Crippen LogP contribution in [0, 0.1) is 0 Å². The molecule has 0 saturated carbocycles. The van der Waals surface area contributed by atoms with Crippen LogP contribution in [0.1, 0.15) is 52.0 Å². The number of unbranched alkanes of at least 4 members (excludes halogenated alkanes) is 1. The first-order valence-electron chi connectivity index (χ1n) is 7.24. The first-order chi connectivity index (χ1) is 9.08. The maximum absolute atomic E-state index is 12.1. The number of amides is 2. The molecule has 3 nitrogen and oxygen atoms in total. The van der Waals surface area contributed by atoms with Gasteiger partial charge in [-0.25, -0.2) is 4.79 Å². The molecule has 0 radical (unpaired) electrons. The highest BCUT2D eigenvalue weighted by atomic mass is 16.2. The number of benzene rings is 1. The second-order valence-electron chi connectivity index (χ2n) is 5.14. The third-order valence-electron chi connectivity index (χ3n) is 3.26. The van der Waals surface area contributed by atoms with Gasteiger partial charge >= 0.3 is 6.03 Å². The monoisotopic (exact) mass is 262 g/mol. The summed E-state index contributed by atoms with van der Waals surface area (Å²) in [4.78, 5) is 14.0. The third kappa shape index (κ3) is 4.93. The molecule has 1 aromatic rings. The smallest absolute Gasteiger partial charge is 0.321 e. The van der Waals surface area contributed by atoms with Gasteiger partial charge in [-0.15, -0.1) is 0 Å². The summed E-state index contributed by atoms with van der Waals surface area (Å²) in [5.74, 6) is 0.472. The molecule has 0 unspecified atom stereocenters. The summed E-state index contributed by atoms with van der Waals surface area (Å²) >= 11 is 0. The van der Waals surface area contributed by atoms with Crippen molar-refractivity contribution in [3.63, 3.8) is 0 Å². The molecular formula is C16H26N2O. The summed E-state index contributed by atoms with van der Waals surface area (Å²) in [6.07, 6.45) is 2.15. The van der Waals surface area contributed by atoms with Crippen LogP contribution in [0.4, 0.5) is 10.5 Å². The molecule has 19 heavy (non-hydrogen) atoms. The fourth-order valence-electron chi connectivity index (χ4n) is 1.93. The van der Waals surface area contributed by atoms with Crippen molar-refractivity contribution in [1.29, 1.82) is 0 Å². The normalized spacial score (nSPS) is 10.6. The molecule has 0 fully saturated rings. The van der Waals surface area contributed by atoms with Gasteiger partial charge in [0.15, 0.2) is 0 Å². The topological polar surface area (TPSA) is 32.3 Å². The Morgan fingerprint density at radius 1 is 1.32 bits per heavy atom. The first kappa shape index (κ1) is 15.5. The predicted molar refractivity (Wildman–Crippen MR) is 81.7 cm³/mol. The highest BCUT2D eigenvalue weighted by molar-refractivity contribution is 5.89. The number of rotatable bonds is 6. The lowest BCUT2D eigenvalue weighted by atomic mass is 10.0. The zero-order chi connectivity index (χ0) is 14.3. The Hall–Kier alpha value is -1.51. The van der Waals surface area contributed by atoms with E-state index < -0.39 is 0 Å². The fourth-order valence-corrected chi connectivity index (χ4v) is 1.93. The van der Waals surface area contributed by atoms with E-state index in [2.05, 4.69) is 38.2 Å². The molecule has 1 rings (SSSR count). The molecule has 0 heterocycles. The lowest BCUT2D eigenvalue weighted by molar-refractivity contribution is 0.213. The van der Waals surface area contributed by atoms with Crippen molar-refractivity contribution in [2.24, 2.45) is 0 Å². The van der Waals surface area contributed by atoms with Crippen molar-refractivity contribution in [2.75, 3.05) is 18.4 Å². The summed E-state index contributed by atoms with van der Waals surface area (Å²) in [7, 11) is 0. The van der Waals surface area contributed by atoms with Crippen molar-refractivity contribution in [1.82, 2.24) is 4.90 Å². The molecule has 0 bridgehead atoms. The van der Waals surface area contributed by atoms with E-state index in [1.54, 1.807) is 0 Å². The Morgan fingerprint density at radius 2 is 2.05 bits per heavy atom. The maximum atomic E-state index is 12.1. The largest absolute Gasteiger partial charge is 0.325 e. The minimum absolute atomic E-state index is 0.00291. The van der Waals surface area contributed by atoms with E-state index in [1.807, 2.05) is 24.0 Å². The van der Waals surface area contributed by atoms with Gasteiger partial charge < -0.3 is 10.2 Å². The minimum Gasteiger partial charge on any atom is -0.325 e. The van der Waals surface area contributed by atoms with E-state index in [1.165, 1.54) is 5.56 Å². The number of urea groups is 1. The van der Waals surface area contributed by atoms with Gasteiger partial charge in [-0.2, -0.15) is 0 Å². The van der Waals surface area contributed by atoms with E-state index in [-0.39, 0.29) is 6.03 Å². The van der Waals surface area contributed by atoms with Crippen LogP contribution < -0.4 is 5.32 Å². The maximum Gasteiger partial charge on any atom is 0.321 e. The zero-order valence-electron chi connectivity index (χ0n) is 12.6. The van der Waals surface area contributed by atoms with Gasteiger partial charge in [0.05, 0.1) is 0 Å². The number of nitrogens with one attached hydrogen (secondary N) is 1. The first-order valence-corrected chi connectivity index (χ1v) is 7.24. The summed E-state index contributed by atoms with van der Waals surface area (Å²) in [5.41, 5.74) is 2.13. The fraction of sp³-hybridized carbons (Fsp3) is 0.562. The summed E-state index contributed by atoms with van der Waals surface area (Å²) in [6.45, 7) is 10.0. The SMILES string of the molecule is CCCCN(CC)C(=O)Nc1cccc(C(C)C)c1. The van der Waals surface area contributed by atoms with Crippen LogP contribution in [0.3, 0.4) is 0 Å². The van der Waals surface area contributed by atoms with Gasteiger partial charge in [-0.1, -0.05) is 39.3 Å². The number of hydrogen-bond donors (Lipinski definition) is 1. The molecule has 1 aromatic carbocycles. The number of anilines is 1. The van der Waals surface area contributed by atoms with Crippen molar-refractivity contribution >= 4 is 11.7 Å². The Kier molecular flexibility index (Phi) is 6.40. The van der Waals surface area contributed by atoms with Crippen molar-refractivity contribution < 1.29 is 4.79 Å². The molecule has 3 heteroatoms. The number of carbonyl (C=O) groups is 1. The standard InChI is InChI=1S/C16H26N2O/c1-5-7-11-18(6-2)16(19)17-15-10-8-9-14(12-15)13(3)4/h8-10,12-13H,5-7,11H2,1-4H3,(H,17,19). The van der Waals surface area contributed by atoms with E-state index in [0.717, 1.165) is 31.6 Å². The molecule has 0 atom stereocenters. The van der Waals surface area contributed by atoms with Gasteiger partial charge in [0.1, 0.15) is 0 Å². The van der Waals surface area contributed by atoms with Crippen LogP contribution in [0.15, 0.2) is 24.3 Å². The minimum atomic E-state index is -0.00291. The molecule has 0 spiro atoms. The van der Waals surface area contributed by atoms with Gasteiger partial charge in [0, 0.05) is 18.8 Å². The highest BCUT2D eigenvalue weighted by Gasteiger charge is 2.11. The van der Waals surface area contributed by atoms with Crippen molar-refractivity contribution in [3.05, 3.63) is 29.8 Å². The Bertz CT molecular complexity index is 401. The Morgan fingerprint density at radius 3 is 2.63 bits per heavy atom. The number of nitrogens with zero attached hydrogens (tertiary/aromatic N) is 1. The third-order valence-corrected chi connectivity index (χ3v) is 3.26. The molecule has 0 saturated heterocycles. The molecule has 0 aromatic heterocycles. The van der Waals surface area contributed by atoms with Crippen LogP contribution in [0.5, 0.6) is 0 Å². The molecule has 106 valence electrons. The average Bonchev–Trinajstić information content (AvgIpc) is 2.40. The van der Waals surface area contributed by atoms with Crippen LogP contribution in [0.2, 0.25) is 0 Å². The lowest BCUT2D eigenvalue weighted by Gasteiger charge is -2.21. The van der Waals surface area contributed by atoms with E-state index in [0.29, 0.717) is 5.92 Å². The predicted octanol–water partition coefficient (Wildman–Crippen LogP) is 4.46. The second-order valence-corrected chi connectivity index (χ2v) is 5.14. The zero-order valence-corrected chi connectivity index (χ0v) is 12.6. The second kappa shape index (κ2) is 7.82. The van der Waals surface area contributed by atoms with E-state index in [9.17, 15) is 4.79 Å². The lowest BCUT2D eigenvalue weighted by Crippen LogP contribution is -2.35. The van der Waals surface area contributed by atoms with Gasteiger partial charge in [0.2, 0.25) is 0 Å². The van der Waals surface area contributed by atoms with Gasteiger partial charge in [-0.3, -0.25) is 0 Å². The molecule has 2 amide bonds. The van der Waals surface area contributed by atoms with Crippen LogP contribution >= 0.6 is 0 Å². The van der Waals surface area contributed by atoms with Crippen LogP contribution in [0.25, 0.3) is 0 Å². The van der Waals surface area contributed by atoms with Crippen LogP contribution in [-0.4, -0.2) is 24.0 Å². The van der Waals surface area contributed by atoms with Gasteiger partial charge in [0.25, 0.3) is 0 Å². The van der Waals surface area contributed by atoms with Crippen molar-refractivity contribution in [3.8, 4) is 0 Å².